The SMILES string of the molecule is [3H]P.[N-]=[N+]=NC([S-])c1ccccc1.[Nd]. The Bertz CT molecular complexity index is 282. The third-order valence-electron chi connectivity index (χ3n) is 1.24. The Morgan fingerprint density at radius 2 is 2.00 bits per heavy atom. The van der Waals surface area contributed by atoms with Crippen molar-refractivity contribution in [3.63, 3.8) is 0 Å². The van der Waals surface area contributed by atoms with Crippen LogP contribution in [0, 0.1) is 40.8 Å². The molecule has 68 valence electrons. The Kier molecular flexibility index (Phi) is 9.69. The first kappa shape index (κ1) is 13.7. The molecule has 1 aromatic carbocycles. The number of hydrogen-bond donors (Lipinski definition) is 0. The fourth-order valence-electron chi connectivity index (χ4n) is 0.731. The maximum Gasteiger partial charge on any atom is 0.0511 e. The van der Waals surface area contributed by atoms with Crippen molar-refractivity contribution < 1.29 is 40.8 Å². The van der Waals surface area contributed by atoms with Crippen LogP contribution in [0.25, 0.3) is 10.4 Å². The predicted octanol–water partition coefficient (Wildman–Crippen LogP) is 2.60. The van der Waals surface area contributed by atoms with Gasteiger partial charge in [0.15, 0.2) is 0 Å². The molecule has 1 aromatic rings. The van der Waals surface area contributed by atoms with Crippen molar-refractivity contribution in [1.82, 2.24) is 0 Å². The Morgan fingerprint density at radius 1 is 1.46 bits per heavy atom. The summed E-state index contributed by atoms with van der Waals surface area (Å²) in [5.41, 5.74) is 8.95. The second kappa shape index (κ2) is 9.22. The predicted molar refractivity (Wildman–Crippen MR) is 56.8 cm³/mol. The van der Waals surface area contributed by atoms with E-state index in [9.17, 15) is 0 Å². The second-order valence-corrected chi connectivity index (χ2v) is 2.41. The minimum absolute atomic E-state index is 0. The Morgan fingerprint density at radius 3 is 2.46 bits per heavy atom. The molecule has 2 atom stereocenters. The standard InChI is InChI=1S/C7H7N3S.Nd.H3P/c8-10-9-7(11)6-4-2-1-3-5-6;;/h1-5,7,11H;;1H3/p-1/i;;1T. The van der Waals surface area contributed by atoms with Gasteiger partial charge in [-0.15, -0.1) is 5.11 Å². The first-order chi connectivity index (χ1) is 6.34. The van der Waals surface area contributed by atoms with E-state index in [2.05, 4.69) is 10.0 Å². The number of hydrogen-bond acceptors (Lipinski definition) is 2. The third-order valence-corrected chi connectivity index (χ3v) is 1.61. The van der Waals surface area contributed by atoms with Crippen LogP contribution in [0.4, 0.5) is 0 Å². The summed E-state index contributed by atoms with van der Waals surface area (Å²) in [6, 6.07) is 9.30. The molecule has 3 nitrogen and oxygen atoms in total. The van der Waals surface area contributed by atoms with Gasteiger partial charge in [0, 0.05) is 40.8 Å². The van der Waals surface area contributed by atoms with Gasteiger partial charge in [0.25, 0.3) is 0 Å². The molecule has 0 saturated carbocycles. The van der Waals surface area contributed by atoms with Crippen LogP contribution in [0.1, 0.15) is 10.9 Å². The first-order valence-electron chi connectivity index (χ1n) is 3.67. The average Bonchev–Trinajstić information content (AvgIpc) is 2.23. The van der Waals surface area contributed by atoms with E-state index in [1.807, 2.05) is 30.3 Å². The van der Waals surface area contributed by atoms with Crippen molar-refractivity contribution in [3.8, 4) is 0 Å². The molecule has 1 rings (SSSR count). The fourth-order valence-corrected chi connectivity index (χ4v) is 0.931. The molecule has 0 heterocycles. The minimum atomic E-state index is -0.485. The number of nitrogens with zero attached hydrogens (tertiary/aromatic N) is 3. The van der Waals surface area contributed by atoms with Crippen molar-refractivity contribution in [2.24, 2.45) is 5.11 Å². The minimum Gasteiger partial charge on any atom is -0.779 e. The summed E-state index contributed by atoms with van der Waals surface area (Å²) in [5.74, 6) is 0. The van der Waals surface area contributed by atoms with Crippen LogP contribution < -0.4 is 0 Å². The fraction of sp³-hybridized carbons (Fsp3) is 0.143. The zero-order valence-corrected chi connectivity index (χ0v) is 12.0. The Balaban J connectivity index is 0. The van der Waals surface area contributed by atoms with E-state index in [0.29, 0.717) is 0 Å². The largest absolute Gasteiger partial charge is 0.779 e. The van der Waals surface area contributed by atoms with Crippen LogP contribution in [0.5, 0.6) is 0 Å². The van der Waals surface area contributed by atoms with E-state index in [4.69, 9.17) is 19.4 Å². The van der Waals surface area contributed by atoms with Crippen molar-refractivity contribution in [1.29, 1.82) is 1.28 Å². The van der Waals surface area contributed by atoms with E-state index in [1.54, 1.807) is 9.84 Å². The topological polar surface area (TPSA) is 48.8 Å². The molecule has 0 aliphatic rings. The molecule has 0 aliphatic heterocycles. The van der Waals surface area contributed by atoms with Gasteiger partial charge in [-0.25, -0.2) is 0 Å². The molecule has 0 spiro atoms. The van der Waals surface area contributed by atoms with Crippen molar-refractivity contribution in [3.05, 3.63) is 46.3 Å². The maximum atomic E-state index is 8.09. The normalized spacial score (nSPS) is 10.5. The Labute approximate surface area is 120 Å². The van der Waals surface area contributed by atoms with Crippen LogP contribution in [0.3, 0.4) is 0 Å². The Hall–Kier alpha value is 0.661. The van der Waals surface area contributed by atoms with Crippen LogP contribution in [-0.4, -0.2) is 1.28 Å². The second-order valence-electron chi connectivity index (χ2n) is 1.97. The molecule has 0 N–H and O–H groups in total. The molecule has 0 aliphatic carbocycles. The molecular formula is C7H9N3NdPS-. The van der Waals surface area contributed by atoms with Gasteiger partial charge in [0.1, 0.15) is 0 Å². The molecule has 0 aromatic heterocycles. The van der Waals surface area contributed by atoms with Crippen LogP contribution in [0.2, 0.25) is 0 Å². The van der Waals surface area contributed by atoms with Gasteiger partial charge < -0.3 is 12.6 Å². The summed E-state index contributed by atoms with van der Waals surface area (Å²) < 4.78 is 5.67. The molecule has 0 radical (unpaired) electrons. The summed E-state index contributed by atoms with van der Waals surface area (Å²) in [7, 11) is 1.67. The monoisotopic (exact) mass is 342 g/mol. The van der Waals surface area contributed by atoms with Crippen molar-refractivity contribution >= 4 is 22.5 Å². The molecule has 0 bridgehead atoms. The van der Waals surface area contributed by atoms with E-state index >= 15 is 0 Å². The molecule has 6 heteroatoms. The summed E-state index contributed by atoms with van der Waals surface area (Å²) >= 11 is 4.88. The number of azide groups is 1. The number of benzene rings is 1. The van der Waals surface area contributed by atoms with Gasteiger partial charge in [-0.05, 0) is 10.4 Å². The third kappa shape index (κ3) is 5.87. The van der Waals surface area contributed by atoms with Gasteiger partial charge in [0.05, 0.1) is 1.28 Å². The zero-order valence-electron chi connectivity index (χ0n) is 7.79. The van der Waals surface area contributed by atoms with Crippen LogP contribution >= 0.6 is 9.84 Å². The molecule has 13 heavy (non-hydrogen) atoms. The molecule has 0 amide bonds. The first-order valence-corrected chi connectivity index (χ1v) is 3.56. The van der Waals surface area contributed by atoms with E-state index in [-0.39, 0.29) is 40.8 Å². The smallest absolute Gasteiger partial charge is 0.0511 e. The van der Waals surface area contributed by atoms with E-state index in [1.165, 1.54) is 0 Å². The molecule has 2 unspecified atom stereocenters. The van der Waals surface area contributed by atoms with Gasteiger partial charge in [0.2, 0.25) is 0 Å². The molecular weight excluding hydrogens is 333 g/mol. The van der Waals surface area contributed by atoms with Crippen molar-refractivity contribution in [2.45, 2.75) is 5.37 Å². The van der Waals surface area contributed by atoms with E-state index in [0.717, 1.165) is 5.56 Å². The van der Waals surface area contributed by atoms with Crippen LogP contribution in [0.15, 0.2) is 35.4 Å². The quantitative estimate of drug-likeness (QED) is 0.267. The van der Waals surface area contributed by atoms with Gasteiger partial charge in [-0.2, -0.15) is 9.84 Å². The zero-order chi connectivity index (χ0) is 10.1. The summed E-state index contributed by atoms with van der Waals surface area (Å²) in [5, 5.41) is 2.91. The summed E-state index contributed by atoms with van der Waals surface area (Å²) in [6.07, 6.45) is 0. The average molecular weight is 344 g/mol. The number of rotatable bonds is 2. The van der Waals surface area contributed by atoms with Gasteiger partial charge in [-0.3, -0.25) is 0 Å². The van der Waals surface area contributed by atoms with Crippen molar-refractivity contribution in [2.75, 3.05) is 0 Å². The maximum absolute atomic E-state index is 8.09. The van der Waals surface area contributed by atoms with Gasteiger partial charge in [-0.1, -0.05) is 41.3 Å². The molecule has 0 saturated heterocycles. The molecule has 0 fully saturated rings. The van der Waals surface area contributed by atoms with Gasteiger partial charge >= 0.3 is 0 Å². The summed E-state index contributed by atoms with van der Waals surface area (Å²) in [6.45, 7) is 0. The summed E-state index contributed by atoms with van der Waals surface area (Å²) in [4.78, 5) is 2.63. The van der Waals surface area contributed by atoms with Crippen LogP contribution in [-0.2, 0) is 12.6 Å². The van der Waals surface area contributed by atoms with E-state index < -0.39 is 5.37 Å².